The Kier molecular flexibility index (Phi) is 16.3. The normalized spacial score (nSPS) is 18.5. The molecule has 0 amide bonds. The van der Waals surface area contributed by atoms with Gasteiger partial charge in [-0.25, -0.2) is 16.8 Å². The summed E-state index contributed by atoms with van der Waals surface area (Å²) in [5.74, 6) is 0.767. The third-order valence-corrected chi connectivity index (χ3v) is 10.6. The molecule has 0 aliphatic carbocycles. The number of nitrogens with one attached hydrogen (secondary N) is 1. The minimum absolute atomic E-state index is 0.370. The van der Waals surface area contributed by atoms with Gasteiger partial charge in [0.25, 0.3) is 0 Å². The van der Waals surface area contributed by atoms with Crippen LogP contribution in [0.5, 0.6) is 0 Å². The Labute approximate surface area is 289 Å². The third-order valence-electron chi connectivity index (χ3n) is 8.30. The van der Waals surface area contributed by atoms with Gasteiger partial charge in [-0.2, -0.15) is 5.06 Å². The molecule has 0 radical (unpaired) electrons. The van der Waals surface area contributed by atoms with Gasteiger partial charge in [-0.1, -0.05) is 66.7 Å². The molecule has 2 atom stereocenters. The molecule has 0 saturated carbocycles. The fourth-order valence-electron chi connectivity index (χ4n) is 6.04. The standard InChI is InChI=1S/C21H28N2O2S.C13H20N2O2S.C2H7NO/c1-26(24,25)23(21-12-6-3-7-13-21)18-20-11-8-15-22(17-20)16-14-19-9-4-2-5-10-19;1-18(16,17)15(13-7-3-2-4-8-13)11-12-6-5-9-14-10-12;1-3(2)4/h2-7,9-10,12-13,20H,8,11,14-18H2,1H3;2-4,7-8,12,14H,5-6,9-11H2,1H3;4H,1-2H3. The molecule has 2 heterocycles. The van der Waals surface area contributed by atoms with Crippen LogP contribution in [0.25, 0.3) is 0 Å². The van der Waals surface area contributed by atoms with Crippen molar-refractivity contribution in [2.75, 3.05) is 81.0 Å². The van der Waals surface area contributed by atoms with E-state index in [-0.39, 0.29) is 0 Å². The van der Waals surface area contributed by atoms with Crippen molar-refractivity contribution in [3.8, 4) is 0 Å². The van der Waals surface area contributed by atoms with E-state index in [1.54, 1.807) is 18.4 Å². The molecule has 0 spiro atoms. The van der Waals surface area contributed by atoms with Crippen molar-refractivity contribution in [1.82, 2.24) is 15.3 Å². The molecule has 2 aliphatic rings. The number of likely N-dealkylation sites (tertiary alicyclic amines) is 1. The van der Waals surface area contributed by atoms with Crippen molar-refractivity contribution in [3.63, 3.8) is 0 Å². The second kappa shape index (κ2) is 19.9. The summed E-state index contributed by atoms with van der Waals surface area (Å²) in [6.45, 7) is 6.17. The number of hydrogen-bond donors (Lipinski definition) is 2. The molecule has 5 rings (SSSR count). The number of nitrogens with zero attached hydrogens (tertiary/aromatic N) is 4. The molecule has 2 saturated heterocycles. The predicted molar refractivity (Wildman–Crippen MR) is 198 cm³/mol. The van der Waals surface area contributed by atoms with E-state index in [0.29, 0.717) is 24.9 Å². The third kappa shape index (κ3) is 14.6. The van der Waals surface area contributed by atoms with E-state index in [1.807, 2.05) is 66.7 Å². The highest BCUT2D eigenvalue weighted by Gasteiger charge is 2.26. The molecule has 10 nitrogen and oxygen atoms in total. The topological polar surface area (TPSA) is 113 Å². The summed E-state index contributed by atoms with van der Waals surface area (Å²) in [5, 5.41) is 12.2. The van der Waals surface area contributed by atoms with Gasteiger partial charge in [0.1, 0.15) is 0 Å². The second-order valence-electron chi connectivity index (χ2n) is 12.9. The largest absolute Gasteiger partial charge is 0.316 e. The lowest BCUT2D eigenvalue weighted by atomic mass is 9.97. The van der Waals surface area contributed by atoms with Gasteiger partial charge in [0.05, 0.1) is 23.9 Å². The maximum absolute atomic E-state index is 12.3. The van der Waals surface area contributed by atoms with Crippen molar-refractivity contribution in [3.05, 3.63) is 96.6 Å². The zero-order chi connectivity index (χ0) is 35.0. The first kappa shape index (κ1) is 39.4. The van der Waals surface area contributed by atoms with E-state index < -0.39 is 20.0 Å². The van der Waals surface area contributed by atoms with Crippen molar-refractivity contribution in [2.45, 2.75) is 32.1 Å². The van der Waals surface area contributed by atoms with Crippen molar-refractivity contribution >= 4 is 31.4 Å². The van der Waals surface area contributed by atoms with Crippen molar-refractivity contribution in [1.29, 1.82) is 0 Å². The molecule has 0 aromatic heterocycles. The zero-order valence-corrected chi connectivity index (χ0v) is 30.6. The Morgan fingerprint density at radius 3 is 1.65 bits per heavy atom. The molecule has 3 aromatic rings. The van der Waals surface area contributed by atoms with Gasteiger partial charge < -0.3 is 15.4 Å². The smallest absolute Gasteiger partial charge is 0.232 e. The summed E-state index contributed by atoms with van der Waals surface area (Å²) in [4.78, 5) is 2.48. The monoisotopic (exact) mass is 701 g/mol. The summed E-state index contributed by atoms with van der Waals surface area (Å²) in [6.07, 6.45) is 8.05. The lowest BCUT2D eigenvalue weighted by Crippen LogP contribution is -2.43. The lowest BCUT2D eigenvalue weighted by molar-refractivity contribution is -0.0372. The Bertz CT molecular complexity index is 1520. The van der Waals surface area contributed by atoms with Gasteiger partial charge in [-0.15, -0.1) is 0 Å². The van der Waals surface area contributed by atoms with E-state index in [2.05, 4.69) is 34.5 Å². The second-order valence-corrected chi connectivity index (χ2v) is 16.7. The molecule has 3 aromatic carbocycles. The molecule has 2 unspecified atom stereocenters. The minimum atomic E-state index is -3.28. The van der Waals surface area contributed by atoms with Crippen LogP contribution in [0.15, 0.2) is 91.0 Å². The summed E-state index contributed by atoms with van der Waals surface area (Å²) in [7, 11) is -3.38. The van der Waals surface area contributed by atoms with Gasteiger partial charge in [0, 0.05) is 40.3 Å². The van der Waals surface area contributed by atoms with Crippen LogP contribution in [0, 0.1) is 11.8 Å². The fourth-order valence-corrected chi connectivity index (χ4v) is 8.01. The number of hydroxylamine groups is 2. The van der Waals surface area contributed by atoms with E-state index in [0.717, 1.165) is 81.3 Å². The Hall–Kier alpha value is -3.00. The van der Waals surface area contributed by atoms with Crippen LogP contribution < -0.4 is 13.9 Å². The van der Waals surface area contributed by atoms with Gasteiger partial charge in [0.2, 0.25) is 20.0 Å². The van der Waals surface area contributed by atoms with Crippen LogP contribution in [0.4, 0.5) is 11.4 Å². The maximum Gasteiger partial charge on any atom is 0.232 e. The highest BCUT2D eigenvalue weighted by Crippen LogP contribution is 2.24. The highest BCUT2D eigenvalue weighted by molar-refractivity contribution is 7.92. The minimum Gasteiger partial charge on any atom is -0.316 e. The first-order valence-corrected chi connectivity index (χ1v) is 20.4. The highest BCUT2D eigenvalue weighted by atomic mass is 32.2. The number of rotatable bonds is 11. The molecular formula is C36H55N5O5S2. The first-order valence-electron chi connectivity index (χ1n) is 16.7. The summed E-state index contributed by atoms with van der Waals surface area (Å²) < 4.78 is 51.5. The summed E-state index contributed by atoms with van der Waals surface area (Å²) in [6, 6.07) is 29.3. The van der Waals surface area contributed by atoms with Crippen LogP contribution in [-0.4, -0.2) is 104 Å². The van der Waals surface area contributed by atoms with E-state index in [9.17, 15) is 16.8 Å². The van der Waals surface area contributed by atoms with E-state index in [4.69, 9.17) is 5.21 Å². The van der Waals surface area contributed by atoms with Crippen LogP contribution in [0.2, 0.25) is 0 Å². The van der Waals surface area contributed by atoms with E-state index >= 15 is 0 Å². The molecular weight excluding hydrogens is 647 g/mol. The number of anilines is 2. The number of hydrogen-bond acceptors (Lipinski definition) is 8. The Morgan fingerprint density at radius 1 is 0.729 bits per heavy atom. The van der Waals surface area contributed by atoms with Crippen LogP contribution in [0.3, 0.4) is 0 Å². The summed E-state index contributed by atoms with van der Waals surface area (Å²) >= 11 is 0. The number of piperidine rings is 2. The van der Waals surface area contributed by atoms with Crippen LogP contribution in [0.1, 0.15) is 31.2 Å². The fraction of sp³-hybridized carbons (Fsp3) is 0.500. The first-order chi connectivity index (χ1) is 22.8. The molecule has 0 bridgehead atoms. The van der Waals surface area contributed by atoms with Crippen LogP contribution >= 0.6 is 0 Å². The Balaban J connectivity index is 0.000000247. The van der Waals surface area contributed by atoms with Gasteiger partial charge >= 0.3 is 0 Å². The molecule has 2 aliphatic heterocycles. The Morgan fingerprint density at radius 2 is 1.19 bits per heavy atom. The van der Waals surface area contributed by atoms with Crippen molar-refractivity contribution < 1.29 is 22.0 Å². The van der Waals surface area contributed by atoms with Gasteiger partial charge in [-0.05, 0) is 93.4 Å². The molecule has 266 valence electrons. The van der Waals surface area contributed by atoms with Gasteiger partial charge in [0.15, 0.2) is 0 Å². The SMILES string of the molecule is CN(C)O.CS(=O)(=O)N(CC1CCCN(CCc2ccccc2)C1)c1ccccc1.CS(=O)(=O)N(CC1CCCNC1)c1ccccc1. The van der Waals surface area contributed by atoms with Crippen molar-refractivity contribution in [2.24, 2.45) is 11.8 Å². The zero-order valence-electron chi connectivity index (χ0n) is 29.0. The van der Waals surface area contributed by atoms with Crippen LogP contribution in [-0.2, 0) is 26.5 Å². The predicted octanol–water partition coefficient (Wildman–Crippen LogP) is 4.80. The average Bonchev–Trinajstić information content (AvgIpc) is 3.06. The maximum atomic E-state index is 12.3. The summed E-state index contributed by atoms with van der Waals surface area (Å²) in [5.41, 5.74) is 2.87. The molecule has 2 N–H and O–H groups in total. The molecule has 2 fully saturated rings. The average molecular weight is 702 g/mol. The lowest BCUT2D eigenvalue weighted by Gasteiger charge is -2.35. The number of para-hydroxylation sites is 2. The van der Waals surface area contributed by atoms with Gasteiger partial charge in [-0.3, -0.25) is 8.61 Å². The number of benzene rings is 3. The molecule has 48 heavy (non-hydrogen) atoms. The van der Waals surface area contributed by atoms with E-state index in [1.165, 1.54) is 22.4 Å². The quantitative estimate of drug-likeness (QED) is 0.275. The molecule has 12 heteroatoms. The number of sulfonamides is 2.